The van der Waals surface area contributed by atoms with Gasteiger partial charge < -0.3 is 14.3 Å². The van der Waals surface area contributed by atoms with Crippen LogP contribution in [0.2, 0.25) is 0 Å². The van der Waals surface area contributed by atoms with Crippen LogP contribution in [0, 0.1) is 0 Å². The number of carbonyl (C=O) groups is 1. The molecule has 0 saturated carbocycles. The SMILES string of the molecule is CC(=O)SCC(=Cc1ccc(-c2csc(=O)[nH]2)cc1)B1OC(C)(C)C(C)(C)O1. The summed E-state index contributed by atoms with van der Waals surface area (Å²) in [5.41, 5.74) is 2.78. The first kappa shape index (κ1) is 21.1. The second kappa shape index (κ2) is 8.03. The maximum atomic E-state index is 11.5. The lowest BCUT2D eigenvalue weighted by atomic mass is 9.78. The Bertz CT molecular complexity index is 928. The van der Waals surface area contributed by atoms with E-state index in [0.717, 1.165) is 33.6 Å². The van der Waals surface area contributed by atoms with Crippen LogP contribution in [0.3, 0.4) is 0 Å². The van der Waals surface area contributed by atoms with Crippen LogP contribution in [0.15, 0.2) is 39.9 Å². The Morgan fingerprint density at radius 1 is 1.18 bits per heavy atom. The fourth-order valence-corrected chi connectivity index (χ4v) is 3.93. The third-order valence-corrected chi connectivity index (χ3v) is 6.65. The van der Waals surface area contributed by atoms with E-state index in [4.69, 9.17) is 9.31 Å². The van der Waals surface area contributed by atoms with Crippen LogP contribution >= 0.6 is 23.1 Å². The molecule has 8 heteroatoms. The van der Waals surface area contributed by atoms with Crippen LogP contribution in [0.1, 0.15) is 40.2 Å². The van der Waals surface area contributed by atoms with E-state index >= 15 is 0 Å². The van der Waals surface area contributed by atoms with E-state index in [1.165, 1.54) is 11.8 Å². The molecule has 2 aromatic rings. The fraction of sp³-hybridized carbons (Fsp3) is 0.400. The molecule has 28 heavy (non-hydrogen) atoms. The van der Waals surface area contributed by atoms with Gasteiger partial charge in [-0.05, 0) is 44.3 Å². The lowest BCUT2D eigenvalue weighted by Crippen LogP contribution is -2.41. The minimum atomic E-state index is -0.496. The molecular weight excluding hydrogens is 393 g/mol. The molecule has 0 amide bonds. The first-order valence-electron chi connectivity index (χ1n) is 9.05. The number of aromatic amines is 1. The second-order valence-electron chi connectivity index (χ2n) is 7.77. The number of thioether (sulfide) groups is 1. The van der Waals surface area contributed by atoms with Crippen LogP contribution in [0.5, 0.6) is 0 Å². The molecule has 0 spiro atoms. The van der Waals surface area contributed by atoms with E-state index in [2.05, 4.69) is 4.98 Å². The first-order valence-corrected chi connectivity index (χ1v) is 10.9. The predicted octanol–water partition coefficient (Wildman–Crippen LogP) is 4.40. The van der Waals surface area contributed by atoms with E-state index in [0.29, 0.717) is 5.75 Å². The fourth-order valence-electron chi connectivity index (χ4n) is 2.75. The highest BCUT2D eigenvalue weighted by molar-refractivity contribution is 8.13. The minimum Gasteiger partial charge on any atom is -0.400 e. The Morgan fingerprint density at radius 2 is 1.79 bits per heavy atom. The van der Waals surface area contributed by atoms with Crippen LogP contribution in [0.4, 0.5) is 0 Å². The van der Waals surface area contributed by atoms with Gasteiger partial charge in [0.2, 0.25) is 0 Å². The van der Waals surface area contributed by atoms with Crippen molar-refractivity contribution in [2.24, 2.45) is 0 Å². The van der Waals surface area contributed by atoms with Crippen molar-refractivity contribution < 1.29 is 14.1 Å². The van der Waals surface area contributed by atoms with Gasteiger partial charge in [-0.1, -0.05) is 53.4 Å². The van der Waals surface area contributed by atoms with Gasteiger partial charge in [-0.2, -0.15) is 0 Å². The number of hydrogen-bond donors (Lipinski definition) is 1. The summed E-state index contributed by atoms with van der Waals surface area (Å²) in [5, 5.41) is 1.87. The van der Waals surface area contributed by atoms with E-state index in [9.17, 15) is 9.59 Å². The van der Waals surface area contributed by atoms with Gasteiger partial charge in [0.05, 0.1) is 16.9 Å². The van der Waals surface area contributed by atoms with Gasteiger partial charge >= 0.3 is 12.0 Å². The van der Waals surface area contributed by atoms with Gasteiger partial charge in [0.1, 0.15) is 0 Å². The topological polar surface area (TPSA) is 68.4 Å². The number of hydrogen-bond acceptors (Lipinski definition) is 6. The average Bonchev–Trinajstić information content (AvgIpc) is 3.12. The van der Waals surface area contributed by atoms with Gasteiger partial charge in [-0.25, -0.2) is 0 Å². The molecule has 1 aromatic heterocycles. The van der Waals surface area contributed by atoms with Gasteiger partial charge in [0.25, 0.3) is 0 Å². The van der Waals surface area contributed by atoms with Crippen molar-refractivity contribution in [1.82, 2.24) is 4.98 Å². The Labute approximate surface area is 173 Å². The zero-order chi connectivity index (χ0) is 20.5. The first-order chi connectivity index (χ1) is 13.1. The third kappa shape index (κ3) is 4.68. The predicted molar refractivity (Wildman–Crippen MR) is 118 cm³/mol. The molecule has 1 fully saturated rings. The number of aromatic nitrogens is 1. The van der Waals surface area contributed by atoms with Crippen LogP contribution in [0.25, 0.3) is 17.3 Å². The molecule has 0 unspecified atom stereocenters. The van der Waals surface area contributed by atoms with Crippen LogP contribution in [-0.2, 0) is 14.1 Å². The van der Waals surface area contributed by atoms with E-state index in [1.807, 2.05) is 63.4 Å². The maximum Gasteiger partial charge on any atom is 0.491 e. The Balaban J connectivity index is 1.86. The molecule has 3 rings (SSSR count). The highest BCUT2D eigenvalue weighted by Gasteiger charge is 2.52. The lowest BCUT2D eigenvalue weighted by molar-refractivity contribution is -0.109. The number of rotatable bonds is 5. The smallest absolute Gasteiger partial charge is 0.400 e. The van der Waals surface area contributed by atoms with Crippen molar-refractivity contribution in [2.75, 3.05) is 5.75 Å². The number of thiazole rings is 1. The molecule has 0 bridgehead atoms. The highest BCUT2D eigenvalue weighted by atomic mass is 32.2. The monoisotopic (exact) mass is 417 g/mol. The molecule has 0 aliphatic carbocycles. The average molecular weight is 417 g/mol. The Kier molecular flexibility index (Phi) is 6.05. The van der Waals surface area contributed by atoms with Gasteiger partial charge in [-0.3, -0.25) is 9.59 Å². The normalized spacial score (nSPS) is 18.5. The summed E-state index contributed by atoms with van der Waals surface area (Å²) in [5.74, 6) is 0.506. The molecule has 2 heterocycles. The maximum absolute atomic E-state index is 11.5. The summed E-state index contributed by atoms with van der Waals surface area (Å²) in [7, 11) is -0.496. The van der Waals surface area contributed by atoms with E-state index in [-0.39, 0.29) is 9.99 Å². The standard InChI is InChI=1S/C20H24BNO4S2/c1-13(23)27-11-16(21-25-19(2,3)20(4,5)26-21)10-14-6-8-15(9-7-14)17-12-28-18(24)22-17/h6-10,12H,11H2,1-5H3,(H,22,24). The molecule has 1 saturated heterocycles. The van der Waals surface area contributed by atoms with Gasteiger partial charge in [0.15, 0.2) is 5.12 Å². The molecule has 1 aromatic carbocycles. The lowest BCUT2D eigenvalue weighted by Gasteiger charge is -2.32. The molecule has 1 aliphatic heterocycles. The van der Waals surface area contributed by atoms with Gasteiger partial charge in [-0.15, -0.1) is 0 Å². The van der Waals surface area contributed by atoms with E-state index < -0.39 is 18.3 Å². The minimum absolute atomic E-state index is 0.0548. The summed E-state index contributed by atoms with van der Waals surface area (Å²) in [6.45, 7) is 9.61. The molecular formula is C20H24BNO4S2. The zero-order valence-corrected chi connectivity index (χ0v) is 18.3. The second-order valence-corrected chi connectivity index (χ2v) is 9.77. The molecule has 0 radical (unpaired) electrons. The number of nitrogens with one attached hydrogen (secondary N) is 1. The number of carbonyl (C=O) groups excluding carboxylic acids is 1. The Hall–Kier alpha value is -1.61. The summed E-state index contributed by atoms with van der Waals surface area (Å²) in [4.78, 5) is 25.6. The van der Waals surface area contributed by atoms with Gasteiger partial charge in [0, 0.05) is 18.1 Å². The summed E-state index contributed by atoms with van der Waals surface area (Å²) in [6.07, 6.45) is 2.01. The zero-order valence-electron chi connectivity index (χ0n) is 16.7. The summed E-state index contributed by atoms with van der Waals surface area (Å²) in [6, 6.07) is 7.89. The molecule has 0 atom stereocenters. The quantitative estimate of drug-likeness (QED) is 0.731. The molecule has 1 N–H and O–H groups in total. The Morgan fingerprint density at radius 3 is 2.29 bits per heavy atom. The van der Waals surface area contributed by atoms with Crippen molar-refractivity contribution in [3.63, 3.8) is 0 Å². The van der Waals surface area contributed by atoms with Crippen molar-refractivity contribution in [2.45, 2.75) is 45.8 Å². The molecule has 148 valence electrons. The summed E-state index contributed by atoms with van der Waals surface area (Å²) < 4.78 is 12.3. The van der Waals surface area contributed by atoms with Crippen LogP contribution < -0.4 is 4.87 Å². The van der Waals surface area contributed by atoms with Crippen molar-refractivity contribution in [3.05, 3.63) is 50.3 Å². The molecule has 1 aliphatic rings. The van der Waals surface area contributed by atoms with E-state index in [1.54, 1.807) is 6.92 Å². The number of benzene rings is 1. The van der Waals surface area contributed by atoms with Crippen LogP contribution in [-0.4, -0.2) is 34.2 Å². The van der Waals surface area contributed by atoms with Crippen molar-refractivity contribution in [1.29, 1.82) is 0 Å². The molecule has 5 nitrogen and oxygen atoms in total. The largest absolute Gasteiger partial charge is 0.491 e. The van der Waals surface area contributed by atoms with Crippen molar-refractivity contribution >= 4 is 41.4 Å². The summed E-state index contributed by atoms with van der Waals surface area (Å²) >= 11 is 2.39. The third-order valence-electron chi connectivity index (χ3n) is 5.09. The van der Waals surface area contributed by atoms with Crippen molar-refractivity contribution in [3.8, 4) is 11.3 Å². The number of H-pyrrole nitrogens is 1. The highest BCUT2D eigenvalue weighted by Crippen LogP contribution is 2.39.